The van der Waals surface area contributed by atoms with E-state index in [1.54, 1.807) is 25.1 Å². The molecule has 0 atom stereocenters. The molecule has 1 N–H and O–H groups in total. The molecule has 0 saturated heterocycles. The van der Waals surface area contributed by atoms with Gasteiger partial charge in [0.05, 0.1) is 10.6 Å². The minimum atomic E-state index is -0.499. The van der Waals surface area contributed by atoms with Crippen LogP contribution in [0.1, 0.15) is 24.0 Å². The summed E-state index contributed by atoms with van der Waals surface area (Å²) in [7, 11) is 0. The van der Waals surface area contributed by atoms with E-state index in [0.717, 1.165) is 5.56 Å². The summed E-state index contributed by atoms with van der Waals surface area (Å²) in [5, 5.41) is 19.1. The fourth-order valence-corrected chi connectivity index (χ4v) is 2.77. The highest BCUT2D eigenvalue weighted by molar-refractivity contribution is 6.44. The number of hydrazone groups is 1. The molecule has 3 rings (SSSR count). The predicted octanol–water partition coefficient (Wildman–Crippen LogP) is 3.33. The van der Waals surface area contributed by atoms with Gasteiger partial charge in [0.15, 0.2) is 0 Å². The summed E-state index contributed by atoms with van der Waals surface area (Å²) in [4.78, 5) is 35.3. The van der Waals surface area contributed by atoms with Crippen molar-refractivity contribution in [2.24, 2.45) is 5.10 Å². The van der Waals surface area contributed by atoms with Crippen molar-refractivity contribution in [1.29, 1.82) is 0 Å². The SMILES string of the molecule is Cc1cccc(N2N=C(C(=O)Nc3ccc(C)c([N+](=O)[O-])c3)CCC2=O)c1. The summed E-state index contributed by atoms with van der Waals surface area (Å²) in [6.45, 7) is 3.53. The Bertz CT molecular complexity index is 968. The first kappa shape index (κ1) is 18.2. The van der Waals surface area contributed by atoms with E-state index in [2.05, 4.69) is 10.4 Å². The number of anilines is 2. The zero-order valence-electron chi connectivity index (χ0n) is 14.9. The Morgan fingerprint density at radius 3 is 2.67 bits per heavy atom. The third-order valence-corrected chi connectivity index (χ3v) is 4.20. The molecular weight excluding hydrogens is 348 g/mol. The number of nitro benzene ring substituents is 1. The average Bonchev–Trinajstić information content (AvgIpc) is 2.63. The van der Waals surface area contributed by atoms with Gasteiger partial charge >= 0.3 is 0 Å². The molecule has 0 aromatic heterocycles. The van der Waals surface area contributed by atoms with E-state index in [1.807, 2.05) is 25.1 Å². The largest absolute Gasteiger partial charge is 0.321 e. The monoisotopic (exact) mass is 366 g/mol. The van der Waals surface area contributed by atoms with Gasteiger partial charge in [-0.3, -0.25) is 19.7 Å². The Morgan fingerprint density at radius 1 is 1.19 bits per heavy atom. The van der Waals surface area contributed by atoms with Crippen LogP contribution in [0.2, 0.25) is 0 Å². The number of amides is 2. The lowest BCUT2D eigenvalue weighted by molar-refractivity contribution is -0.385. The van der Waals surface area contributed by atoms with Crippen LogP contribution in [-0.2, 0) is 9.59 Å². The fraction of sp³-hybridized carbons (Fsp3) is 0.211. The number of hydrogen-bond donors (Lipinski definition) is 1. The van der Waals surface area contributed by atoms with Crippen molar-refractivity contribution in [3.05, 3.63) is 63.7 Å². The van der Waals surface area contributed by atoms with Crippen molar-refractivity contribution >= 4 is 34.6 Å². The van der Waals surface area contributed by atoms with Crippen LogP contribution in [-0.4, -0.2) is 22.4 Å². The molecule has 2 aromatic rings. The molecule has 1 aliphatic rings. The van der Waals surface area contributed by atoms with Gasteiger partial charge in [0.2, 0.25) is 5.91 Å². The normalized spacial score (nSPS) is 13.9. The number of nitrogens with zero attached hydrogens (tertiary/aromatic N) is 3. The number of aryl methyl sites for hydroxylation is 2. The molecule has 1 aliphatic heterocycles. The predicted molar refractivity (Wildman–Crippen MR) is 102 cm³/mol. The smallest absolute Gasteiger partial charge is 0.274 e. The van der Waals surface area contributed by atoms with Crippen LogP contribution < -0.4 is 10.3 Å². The summed E-state index contributed by atoms with van der Waals surface area (Å²) in [5.74, 6) is -0.679. The maximum atomic E-state index is 12.5. The Balaban J connectivity index is 1.84. The van der Waals surface area contributed by atoms with Gasteiger partial charge in [0.25, 0.3) is 11.6 Å². The van der Waals surface area contributed by atoms with Crippen molar-refractivity contribution in [3.8, 4) is 0 Å². The van der Waals surface area contributed by atoms with Crippen molar-refractivity contribution in [2.45, 2.75) is 26.7 Å². The molecule has 0 fully saturated rings. The molecule has 0 aliphatic carbocycles. The summed E-state index contributed by atoms with van der Waals surface area (Å²) in [5.41, 5.74) is 2.49. The van der Waals surface area contributed by atoms with Gasteiger partial charge in [-0.05, 0) is 37.6 Å². The van der Waals surface area contributed by atoms with Crippen LogP contribution in [0.25, 0.3) is 0 Å². The van der Waals surface area contributed by atoms with E-state index in [9.17, 15) is 19.7 Å². The van der Waals surface area contributed by atoms with Crippen LogP contribution in [0, 0.1) is 24.0 Å². The van der Waals surface area contributed by atoms with Crippen molar-refractivity contribution in [2.75, 3.05) is 10.3 Å². The molecule has 2 amide bonds. The number of carbonyl (C=O) groups excluding carboxylic acids is 2. The quantitative estimate of drug-likeness (QED) is 0.662. The number of nitrogens with one attached hydrogen (secondary N) is 1. The lowest BCUT2D eigenvalue weighted by atomic mass is 10.1. The zero-order valence-corrected chi connectivity index (χ0v) is 14.9. The van der Waals surface area contributed by atoms with Crippen LogP contribution in [0.4, 0.5) is 17.1 Å². The molecule has 0 saturated carbocycles. The molecule has 2 aromatic carbocycles. The molecule has 0 radical (unpaired) electrons. The first-order chi connectivity index (χ1) is 12.8. The molecular formula is C19H18N4O4. The lowest BCUT2D eigenvalue weighted by Gasteiger charge is -2.23. The third-order valence-electron chi connectivity index (χ3n) is 4.20. The first-order valence-electron chi connectivity index (χ1n) is 8.38. The second-order valence-corrected chi connectivity index (χ2v) is 6.30. The second kappa shape index (κ2) is 7.36. The lowest BCUT2D eigenvalue weighted by Crippen LogP contribution is -2.36. The first-order valence-corrected chi connectivity index (χ1v) is 8.38. The minimum absolute atomic E-state index is 0.0741. The Labute approximate surface area is 155 Å². The highest BCUT2D eigenvalue weighted by atomic mass is 16.6. The van der Waals surface area contributed by atoms with Crippen LogP contribution >= 0.6 is 0 Å². The fourth-order valence-electron chi connectivity index (χ4n) is 2.77. The molecule has 1 heterocycles. The van der Waals surface area contributed by atoms with Gasteiger partial charge in [0.1, 0.15) is 5.71 Å². The highest BCUT2D eigenvalue weighted by Crippen LogP contribution is 2.24. The summed E-state index contributed by atoms with van der Waals surface area (Å²) in [6, 6.07) is 11.7. The van der Waals surface area contributed by atoms with E-state index in [4.69, 9.17) is 0 Å². The molecule has 0 unspecified atom stereocenters. The van der Waals surface area contributed by atoms with Gasteiger partial charge in [-0.2, -0.15) is 5.10 Å². The number of benzene rings is 2. The number of nitro groups is 1. The van der Waals surface area contributed by atoms with Crippen molar-refractivity contribution in [3.63, 3.8) is 0 Å². The summed E-state index contributed by atoms with van der Waals surface area (Å²) in [6.07, 6.45) is 0.370. The average molecular weight is 366 g/mol. The highest BCUT2D eigenvalue weighted by Gasteiger charge is 2.26. The van der Waals surface area contributed by atoms with Gasteiger partial charge in [-0.15, -0.1) is 0 Å². The van der Waals surface area contributed by atoms with E-state index < -0.39 is 10.8 Å². The topological polar surface area (TPSA) is 105 Å². The maximum absolute atomic E-state index is 12.5. The molecule has 27 heavy (non-hydrogen) atoms. The van der Waals surface area contributed by atoms with E-state index >= 15 is 0 Å². The van der Waals surface area contributed by atoms with E-state index in [-0.39, 0.29) is 30.1 Å². The standard InChI is InChI=1S/C19H18N4O4/c1-12-4-3-5-15(10-12)22-18(24)9-8-16(21-22)19(25)20-14-7-6-13(2)17(11-14)23(26)27/h3-7,10-11H,8-9H2,1-2H3,(H,20,25). The zero-order chi connectivity index (χ0) is 19.6. The van der Waals surface area contributed by atoms with Gasteiger partial charge in [0, 0.05) is 30.2 Å². The molecule has 138 valence electrons. The van der Waals surface area contributed by atoms with Crippen molar-refractivity contribution < 1.29 is 14.5 Å². The van der Waals surface area contributed by atoms with Gasteiger partial charge in [-0.1, -0.05) is 18.2 Å². The summed E-state index contributed by atoms with van der Waals surface area (Å²) < 4.78 is 0. The Hall–Kier alpha value is -3.55. The van der Waals surface area contributed by atoms with Crippen LogP contribution in [0.15, 0.2) is 47.6 Å². The maximum Gasteiger partial charge on any atom is 0.274 e. The Morgan fingerprint density at radius 2 is 1.96 bits per heavy atom. The van der Waals surface area contributed by atoms with Crippen LogP contribution in [0.3, 0.4) is 0 Å². The van der Waals surface area contributed by atoms with Gasteiger partial charge in [-0.25, -0.2) is 5.01 Å². The van der Waals surface area contributed by atoms with Crippen LogP contribution in [0.5, 0.6) is 0 Å². The summed E-state index contributed by atoms with van der Waals surface area (Å²) >= 11 is 0. The molecule has 0 spiro atoms. The minimum Gasteiger partial charge on any atom is -0.321 e. The Kier molecular flexibility index (Phi) is 4.98. The van der Waals surface area contributed by atoms with E-state index in [1.165, 1.54) is 11.1 Å². The number of hydrogen-bond acceptors (Lipinski definition) is 5. The van der Waals surface area contributed by atoms with Gasteiger partial charge < -0.3 is 5.32 Å². The second-order valence-electron chi connectivity index (χ2n) is 6.30. The number of rotatable bonds is 4. The molecule has 0 bridgehead atoms. The van der Waals surface area contributed by atoms with E-state index in [0.29, 0.717) is 16.9 Å². The number of carbonyl (C=O) groups is 2. The van der Waals surface area contributed by atoms with Crippen molar-refractivity contribution in [1.82, 2.24) is 0 Å². The third kappa shape index (κ3) is 4.00. The molecule has 8 heteroatoms. The molecule has 8 nitrogen and oxygen atoms in total.